The van der Waals surface area contributed by atoms with E-state index in [4.69, 9.17) is 46.4 Å². The number of anilines is 1. The van der Waals surface area contributed by atoms with E-state index in [1.807, 2.05) is 12.1 Å². The van der Waals surface area contributed by atoms with Crippen LogP contribution in [0.4, 0.5) is 5.69 Å². The van der Waals surface area contributed by atoms with Gasteiger partial charge in [0.1, 0.15) is 5.15 Å². The summed E-state index contributed by atoms with van der Waals surface area (Å²) in [5.41, 5.74) is 0.624. The SMILES string of the molecule is O=C(Nc1ccccc1I)c1c(Cl)nc(Cl)c(Cl)c1Cl. The van der Waals surface area contributed by atoms with Crippen LogP contribution in [0.25, 0.3) is 0 Å². The van der Waals surface area contributed by atoms with Crippen LogP contribution in [0.15, 0.2) is 24.3 Å². The monoisotopic (exact) mass is 460 g/mol. The number of carbonyl (C=O) groups excluding carboxylic acids is 1. The lowest BCUT2D eigenvalue weighted by Gasteiger charge is -2.11. The third-order valence-electron chi connectivity index (χ3n) is 2.35. The molecule has 0 spiro atoms. The van der Waals surface area contributed by atoms with Gasteiger partial charge in [-0.25, -0.2) is 4.98 Å². The summed E-state index contributed by atoms with van der Waals surface area (Å²) in [5, 5.41) is 2.51. The van der Waals surface area contributed by atoms with E-state index >= 15 is 0 Å². The van der Waals surface area contributed by atoms with E-state index in [-0.39, 0.29) is 25.9 Å². The highest BCUT2D eigenvalue weighted by Gasteiger charge is 2.21. The number of amides is 1. The van der Waals surface area contributed by atoms with Crippen molar-refractivity contribution in [2.45, 2.75) is 0 Å². The van der Waals surface area contributed by atoms with E-state index < -0.39 is 5.91 Å². The van der Waals surface area contributed by atoms with E-state index in [0.29, 0.717) is 5.69 Å². The van der Waals surface area contributed by atoms with Crippen molar-refractivity contribution in [3.8, 4) is 0 Å². The third-order valence-corrected chi connectivity index (χ3v) is 4.77. The van der Waals surface area contributed by atoms with Crippen LogP contribution in [-0.2, 0) is 0 Å². The second kappa shape index (κ2) is 6.66. The highest BCUT2D eigenvalue weighted by atomic mass is 127. The van der Waals surface area contributed by atoms with Gasteiger partial charge >= 0.3 is 0 Å². The van der Waals surface area contributed by atoms with Crippen LogP contribution < -0.4 is 5.32 Å². The Balaban J connectivity index is 2.40. The third kappa shape index (κ3) is 3.31. The number of carbonyl (C=O) groups is 1. The van der Waals surface area contributed by atoms with Crippen LogP contribution in [-0.4, -0.2) is 10.9 Å². The Morgan fingerprint density at radius 2 is 1.70 bits per heavy atom. The predicted octanol–water partition coefficient (Wildman–Crippen LogP) is 5.55. The van der Waals surface area contributed by atoms with E-state index in [2.05, 4.69) is 32.9 Å². The fourth-order valence-electron chi connectivity index (χ4n) is 1.42. The lowest BCUT2D eigenvalue weighted by molar-refractivity contribution is 0.102. The first-order chi connectivity index (χ1) is 9.41. The average Bonchev–Trinajstić information content (AvgIpc) is 2.39. The van der Waals surface area contributed by atoms with Crippen molar-refractivity contribution in [1.82, 2.24) is 4.98 Å². The molecule has 0 saturated heterocycles. The first kappa shape index (κ1) is 16.1. The first-order valence-corrected chi connectivity index (χ1v) is 7.76. The molecule has 0 aliphatic carbocycles. The maximum Gasteiger partial charge on any atom is 0.260 e. The lowest BCUT2D eigenvalue weighted by Crippen LogP contribution is -2.15. The van der Waals surface area contributed by atoms with E-state index in [0.717, 1.165) is 3.57 Å². The molecule has 0 atom stereocenters. The summed E-state index contributed by atoms with van der Waals surface area (Å²) in [6, 6.07) is 7.27. The zero-order valence-electron chi connectivity index (χ0n) is 9.55. The molecular formula is C12H5Cl4IN2O. The van der Waals surface area contributed by atoms with E-state index in [1.165, 1.54) is 0 Å². The fraction of sp³-hybridized carbons (Fsp3) is 0. The number of nitrogens with zero attached hydrogens (tertiary/aromatic N) is 1. The molecular weight excluding hydrogens is 457 g/mol. The quantitative estimate of drug-likeness (QED) is 0.470. The van der Waals surface area contributed by atoms with Crippen molar-refractivity contribution in [1.29, 1.82) is 0 Å². The normalized spacial score (nSPS) is 10.4. The number of aromatic nitrogens is 1. The van der Waals surface area contributed by atoms with Gasteiger partial charge in [0.25, 0.3) is 5.91 Å². The largest absolute Gasteiger partial charge is 0.321 e. The number of para-hydroxylation sites is 1. The molecule has 0 radical (unpaired) electrons. The van der Waals surface area contributed by atoms with Gasteiger partial charge in [-0.1, -0.05) is 58.5 Å². The molecule has 0 bridgehead atoms. The number of halogens is 5. The van der Waals surface area contributed by atoms with Crippen LogP contribution in [0, 0.1) is 3.57 Å². The Bertz CT molecular complexity index is 693. The topological polar surface area (TPSA) is 42.0 Å². The van der Waals surface area contributed by atoms with Crippen LogP contribution >= 0.6 is 69.0 Å². The summed E-state index contributed by atoms with van der Waals surface area (Å²) in [7, 11) is 0. The van der Waals surface area contributed by atoms with Gasteiger partial charge in [-0.2, -0.15) is 0 Å². The number of hydrogen-bond acceptors (Lipinski definition) is 2. The molecule has 1 N–H and O–H groups in total. The number of pyridine rings is 1. The van der Waals surface area contributed by atoms with Crippen LogP contribution in [0.1, 0.15) is 10.4 Å². The molecule has 1 heterocycles. The zero-order chi connectivity index (χ0) is 14.9. The second-order valence-electron chi connectivity index (χ2n) is 3.63. The molecule has 2 aromatic rings. The van der Waals surface area contributed by atoms with Gasteiger partial charge in [0.15, 0.2) is 5.15 Å². The van der Waals surface area contributed by atoms with Crippen LogP contribution in [0.3, 0.4) is 0 Å². The molecule has 0 aliphatic rings. The van der Waals surface area contributed by atoms with Gasteiger partial charge in [-0.05, 0) is 34.7 Å². The fourth-order valence-corrected chi connectivity index (χ4v) is 2.93. The molecule has 0 aliphatic heterocycles. The maximum atomic E-state index is 12.2. The van der Waals surface area contributed by atoms with Gasteiger partial charge < -0.3 is 5.32 Å². The summed E-state index contributed by atoms with van der Waals surface area (Å²) in [6.07, 6.45) is 0. The van der Waals surface area contributed by atoms with Crippen LogP contribution in [0.2, 0.25) is 20.4 Å². The molecule has 20 heavy (non-hydrogen) atoms. The Morgan fingerprint density at radius 1 is 1.05 bits per heavy atom. The Hall–Kier alpha value is -0.270. The zero-order valence-corrected chi connectivity index (χ0v) is 14.7. The molecule has 1 amide bonds. The van der Waals surface area contributed by atoms with Crippen molar-refractivity contribution in [3.63, 3.8) is 0 Å². The summed E-state index contributed by atoms with van der Waals surface area (Å²) in [6.45, 7) is 0. The molecule has 2 rings (SSSR count). The van der Waals surface area contributed by atoms with Gasteiger partial charge in [-0.3, -0.25) is 4.79 Å². The van der Waals surface area contributed by atoms with Crippen molar-refractivity contribution in [3.05, 3.63) is 53.8 Å². The second-order valence-corrected chi connectivity index (χ2v) is 6.26. The summed E-state index contributed by atoms with van der Waals surface area (Å²) >= 11 is 25.6. The molecule has 1 aromatic carbocycles. The van der Waals surface area contributed by atoms with Gasteiger partial charge in [0, 0.05) is 3.57 Å². The minimum atomic E-state index is -0.504. The molecule has 1 aromatic heterocycles. The predicted molar refractivity (Wildman–Crippen MR) is 91.4 cm³/mol. The summed E-state index contributed by atoms with van der Waals surface area (Å²) in [4.78, 5) is 16.0. The van der Waals surface area contributed by atoms with E-state index in [1.54, 1.807) is 12.1 Å². The molecule has 0 fully saturated rings. The number of rotatable bonds is 2. The number of nitrogens with one attached hydrogen (secondary N) is 1. The summed E-state index contributed by atoms with van der Waals surface area (Å²) < 4.78 is 0.874. The number of benzene rings is 1. The lowest BCUT2D eigenvalue weighted by atomic mass is 10.2. The Morgan fingerprint density at radius 3 is 2.35 bits per heavy atom. The van der Waals surface area contributed by atoms with Crippen molar-refractivity contribution >= 4 is 80.6 Å². The Labute approximate surface area is 148 Å². The molecule has 3 nitrogen and oxygen atoms in total. The van der Waals surface area contributed by atoms with E-state index in [9.17, 15) is 4.79 Å². The first-order valence-electron chi connectivity index (χ1n) is 5.17. The molecule has 8 heteroatoms. The van der Waals surface area contributed by atoms with Gasteiger partial charge in [-0.15, -0.1) is 0 Å². The number of hydrogen-bond donors (Lipinski definition) is 1. The smallest absolute Gasteiger partial charge is 0.260 e. The summed E-state index contributed by atoms with van der Waals surface area (Å²) in [5.74, 6) is -0.504. The minimum Gasteiger partial charge on any atom is -0.321 e. The maximum absolute atomic E-state index is 12.2. The highest BCUT2D eigenvalue weighted by Crippen LogP contribution is 2.35. The average molecular weight is 462 g/mol. The molecule has 0 unspecified atom stereocenters. The van der Waals surface area contributed by atoms with Gasteiger partial charge in [0.05, 0.1) is 21.3 Å². The molecule has 0 saturated carbocycles. The van der Waals surface area contributed by atoms with Gasteiger partial charge in [0.2, 0.25) is 0 Å². The van der Waals surface area contributed by atoms with Crippen LogP contribution in [0.5, 0.6) is 0 Å². The van der Waals surface area contributed by atoms with Crippen molar-refractivity contribution in [2.75, 3.05) is 5.32 Å². The molecule has 104 valence electrons. The van der Waals surface area contributed by atoms with Crippen molar-refractivity contribution in [2.24, 2.45) is 0 Å². The minimum absolute atomic E-state index is 0.00866. The standard InChI is InChI=1S/C12H5Cl4IN2O/c13-8-7(10(15)19-11(16)9(8)14)12(20)18-6-4-2-1-3-5(6)17/h1-4H,(H,18,20). The van der Waals surface area contributed by atoms with Crippen molar-refractivity contribution < 1.29 is 4.79 Å². The Kier molecular flexibility index (Phi) is 5.36. The highest BCUT2D eigenvalue weighted by molar-refractivity contribution is 14.1.